The zero-order chi connectivity index (χ0) is 26.5. The minimum Gasteiger partial charge on any atom is -0.445 e. The van der Waals surface area contributed by atoms with Crippen LogP contribution in [0.1, 0.15) is 59.8 Å². The Morgan fingerprint density at radius 1 is 1.25 bits per heavy atom. The topological polar surface area (TPSA) is 129 Å². The zero-order valence-corrected chi connectivity index (χ0v) is 21.8. The summed E-state index contributed by atoms with van der Waals surface area (Å²) in [7, 11) is 0. The van der Waals surface area contributed by atoms with Crippen LogP contribution in [0, 0.1) is 45.3 Å². The van der Waals surface area contributed by atoms with Crippen LogP contribution in [0.3, 0.4) is 0 Å². The van der Waals surface area contributed by atoms with Crippen molar-refractivity contribution in [1.29, 1.82) is 5.26 Å². The van der Waals surface area contributed by atoms with Crippen LogP contribution in [0.2, 0.25) is 0 Å². The molecule has 3 saturated carbocycles. The molecule has 8 atom stereocenters. The van der Waals surface area contributed by atoms with E-state index < -0.39 is 35.2 Å². The lowest BCUT2D eigenvalue weighted by atomic mass is 9.44. The molecule has 0 spiro atoms. The van der Waals surface area contributed by atoms with Gasteiger partial charge in [0.15, 0.2) is 0 Å². The van der Waals surface area contributed by atoms with E-state index in [-0.39, 0.29) is 48.0 Å². The van der Waals surface area contributed by atoms with E-state index in [4.69, 9.17) is 14.7 Å². The third-order valence-electron chi connectivity index (χ3n) is 10.2. The number of nitrogens with one attached hydrogen (secondary N) is 1. The number of carbonyl (C=O) groups is 3. The van der Waals surface area contributed by atoms with Gasteiger partial charge in [-0.3, -0.25) is 9.69 Å². The number of amides is 2. The maximum atomic E-state index is 13.4. The lowest BCUT2D eigenvalue weighted by Crippen LogP contribution is -2.63. The Balaban J connectivity index is 1.57. The molecule has 9 nitrogen and oxygen atoms in total. The Kier molecular flexibility index (Phi) is 6.99. The second-order valence-corrected chi connectivity index (χ2v) is 12.0. The number of ether oxygens (including phenoxy) is 2. The number of alkyl carbamates (subject to hydrolysis) is 2. The van der Waals surface area contributed by atoms with Crippen molar-refractivity contribution >= 4 is 18.0 Å². The highest BCUT2D eigenvalue weighted by molar-refractivity contribution is 5.88. The summed E-state index contributed by atoms with van der Waals surface area (Å²) in [6.07, 6.45) is 1.23. The fourth-order valence-corrected chi connectivity index (χ4v) is 7.75. The Bertz CT molecular complexity index is 973. The second kappa shape index (κ2) is 9.46. The van der Waals surface area contributed by atoms with Gasteiger partial charge in [0.2, 0.25) is 0 Å². The van der Waals surface area contributed by atoms with Crippen LogP contribution in [0.25, 0.3) is 0 Å². The normalized spacial score (nSPS) is 42.7. The largest absolute Gasteiger partial charge is 0.445 e. The fourth-order valence-electron chi connectivity index (χ4n) is 7.75. The molecule has 2 bridgehead atoms. The molecule has 1 saturated heterocycles. The van der Waals surface area contributed by atoms with Gasteiger partial charge in [0.25, 0.3) is 0 Å². The maximum Gasteiger partial charge on any atom is 0.416 e. The molecular formula is C27H39N3O6. The average Bonchev–Trinajstić information content (AvgIpc) is 3.16. The summed E-state index contributed by atoms with van der Waals surface area (Å²) in [5.41, 5.74) is -1.76. The summed E-state index contributed by atoms with van der Waals surface area (Å²) < 4.78 is 11.2. The molecule has 4 rings (SSSR count). The molecule has 198 valence electrons. The van der Waals surface area contributed by atoms with Gasteiger partial charge < -0.3 is 14.6 Å². The van der Waals surface area contributed by atoms with Crippen LogP contribution in [0.4, 0.5) is 9.59 Å². The van der Waals surface area contributed by atoms with Crippen molar-refractivity contribution in [1.82, 2.24) is 10.2 Å². The number of Topliss-reactive ketones (excluding diaryl/α,β-unsaturated/α-hetero) is 1. The van der Waals surface area contributed by atoms with Crippen molar-refractivity contribution in [2.75, 3.05) is 19.6 Å². The molecule has 0 unspecified atom stereocenters. The molecule has 0 radical (unpaired) electrons. The first-order valence-corrected chi connectivity index (χ1v) is 13.0. The summed E-state index contributed by atoms with van der Waals surface area (Å²) >= 11 is 0. The molecule has 3 aliphatic carbocycles. The highest BCUT2D eigenvalue weighted by atomic mass is 16.6. The molecule has 9 heteroatoms. The predicted molar refractivity (Wildman–Crippen MR) is 130 cm³/mol. The van der Waals surface area contributed by atoms with E-state index in [9.17, 15) is 19.5 Å². The summed E-state index contributed by atoms with van der Waals surface area (Å²) in [5.74, 6) is -0.180. The van der Waals surface area contributed by atoms with E-state index in [0.29, 0.717) is 19.5 Å². The molecule has 36 heavy (non-hydrogen) atoms. The summed E-state index contributed by atoms with van der Waals surface area (Å²) in [4.78, 5) is 40.5. The van der Waals surface area contributed by atoms with Crippen molar-refractivity contribution in [3.05, 3.63) is 12.7 Å². The number of rotatable bonds is 4. The monoisotopic (exact) mass is 501 g/mol. The van der Waals surface area contributed by atoms with Crippen LogP contribution in [0.5, 0.6) is 0 Å². The Hall–Kier alpha value is -2.44. The predicted octanol–water partition coefficient (Wildman–Crippen LogP) is 3.42. The Morgan fingerprint density at radius 2 is 1.92 bits per heavy atom. The van der Waals surface area contributed by atoms with Gasteiger partial charge in [0.05, 0.1) is 18.7 Å². The van der Waals surface area contributed by atoms with E-state index in [1.807, 2.05) is 24.8 Å². The number of aliphatic hydroxyl groups excluding tert-OH is 1. The molecule has 2 N–H and O–H groups in total. The van der Waals surface area contributed by atoms with Crippen LogP contribution in [-0.4, -0.2) is 65.9 Å². The first-order valence-electron chi connectivity index (χ1n) is 13.0. The first-order chi connectivity index (χ1) is 16.9. The van der Waals surface area contributed by atoms with Gasteiger partial charge in [-0.2, -0.15) is 5.26 Å². The van der Waals surface area contributed by atoms with Crippen LogP contribution in [-0.2, 0) is 14.3 Å². The zero-order valence-electron chi connectivity index (χ0n) is 21.8. The van der Waals surface area contributed by atoms with E-state index in [2.05, 4.69) is 25.7 Å². The van der Waals surface area contributed by atoms with E-state index in [1.165, 1.54) is 0 Å². The second-order valence-electron chi connectivity index (χ2n) is 12.0. The molecule has 0 aromatic heterocycles. The number of nitrogens with zero attached hydrogens (tertiary/aromatic N) is 2. The molecule has 0 aromatic carbocycles. The van der Waals surface area contributed by atoms with E-state index in [0.717, 1.165) is 19.3 Å². The maximum absolute atomic E-state index is 13.4. The van der Waals surface area contributed by atoms with E-state index in [1.54, 1.807) is 6.08 Å². The highest BCUT2D eigenvalue weighted by Gasteiger charge is 2.68. The van der Waals surface area contributed by atoms with Crippen LogP contribution < -0.4 is 5.32 Å². The summed E-state index contributed by atoms with van der Waals surface area (Å²) in [5, 5.41) is 22.4. The molecule has 0 aromatic rings. The van der Waals surface area contributed by atoms with Gasteiger partial charge in [0.1, 0.15) is 18.0 Å². The van der Waals surface area contributed by atoms with Crippen molar-refractivity contribution in [2.45, 2.75) is 78.1 Å². The third-order valence-corrected chi connectivity index (χ3v) is 10.2. The molecular weight excluding hydrogens is 462 g/mol. The summed E-state index contributed by atoms with van der Waals surface area (Å²) in [6.45, 7) is 13.3. The third kappa shape index (κ3) is 4.12. The number of ketones is 1. The average molecular weight is 502 g/mol. The summed E-state index contributed by atoms with van der Waals surface area (Å²) in [6, 6.07) is 2.04. The van der Waals surface area contributed by atoms with Gasteiger partial charge in [-0.15, -0.1) is 6.58 Å². The number of likely N-dealkylation sites (tertiary alicyclic amines) is 1. The Morgan fingerprint density at radius 3 is 2.56 bits per heavy atom. The molecule has 1 aliphatic heterocycles. The fraction of sp³-hybridized carbons (Fsp3) is 0.778. The van der Waals surface area contributed by atoms with E-state index >= 15 is 0 Å². The van der Waals surface area contributed by atoms with Crippen molar-refractivity contribution in [2.24, 2.45) is 34.0 Å². The van der Waals surface area contributed by atoms with Crippen molar-refractivity contribution < 1.29 is 29.0 Å². The van der Waals surface area contributed by atoms with Gasteiger partial charge in [-0.1, -0.05) is 33.8 Å². The lowest BCUT2D eigenvalue weighted by Gasteiger charge is -2.61. The number of carbonyl (C=O) groups excluding carboxylic acids is 3. The number of imide groups is 1. The van der Waals surface area contributed by atoms with Crippen molar-refractivity contribution in [3.63, 3.8) is 0 Å². The number of nitriles is 1. The Labute approximate surface area is 213 Å². The van der Waals surface area contributed by atoms with Gasteiger partial charge in [-0.05, 0) is 42.9 Å². The minimum atomic E-state index is -0.928. The molecule has 1 heterocycles. The molecule has 4 fully saturated rings. The smallest absolute Gasteiger partial charge is 0.416 e. The minimum absolute atomic E-state index is 0.0972. The molecule has 4 aliphatic rings. The highest BCUT2D eigenvalue weighted by Crippen LogP contribution is 2.67. The quantitative estimate of drug-likeness (QED) is 0.443. The molecule has 2 amide bonds. The van der Waals surface area contributed by atoms with Gasteiger partial charge in [0, 0.05) is 36.3 Å². The lowest BCUT2D eigenvalue weighted by molar-refractivity contribution is -0.191. The van der Waals surface area contributed by atoms with Crippen molar-refractivity contribution in [3.8, 4) is 6.07 Å². The first kappa shape index (κ1) is 26.6. The SMILES string of the molecule is C=C[C@]1(C)C[C@@H](OC(=O)NC(=O)OC2CN(CC#N)C2)[C@]2(C)[C@H](C)CC[C@]3(CCC(=O)[C@H]32)[C@@H](C)[C@@H]1O. The van der Waals surface area contributed by atoms with Crippen LogP contribution in [0.15, 0.2) is 12.7 Å². The standard InChI is InChI=1S/C27H39N3O6/c1-6-25(4)13-20(36-24(34)29-23(33)35-18-14-30(15-18)12-11-28)26(5)16(2)7-9-27(17(3)22(25)32)10-8-19(31)21(26)27/h6,16-18,20-22,32H,1,7-10,12-15H2,2-5H3,(H,29,33,34)/t16-,17+,20-,21+,22+,25-,26+,27+/m1/s1. The number of hydrogen-bond acceptors (Lipinski definition) is 8. The number of aliphatic hydroxyl groups is 1. The van der Waals surface area contributed by atoms with Gasteiger partial charge in [-0.25, -0.2) is 14.9 Å². The van der Waals surface area contributed by atoms with Gasteiger partial charge >= 0.3 is 12.2 Å². The number of hydrogen-bond donors (Lipinski definition) is 2. The van der Waals surface area contributed by atoms with Crippen LogP contribution >= 0.6 is 0 Å².